The van der Waals surface area contributed by atoms with Crippen LogP contribution in [-0.4, -0.2) is 54.6 Å². The van der Waals surface area contributed by atoms with E-state index in [-0.39, 0.29) is 36.5 Å². The largest absolute Gasteiger partial charge is 0.478 e. The molecular weight excluding hydrogens is 213 g/mol. The van der Waals surface area contributed by atoms with Gasteiger partial charge in [-0.25, -0.2) is 9.13 Å². The second-order valence-corrected chi connectivity index (χ2v) is 3.68. The maximum Gasteiger partial charge on any atom is 0.478 e. The molecule has 0 aliphatic heterocycles. The van der Waals surface area contributed by atoms with Gasteiger partial charge in [-0.15, -0.1) is 0 Å². The molecule has 0 rings (SSSR count). The van der Waals surface area contributed by atoms with Gasteiger partial charge in [-0.05, 0) is 0 Å². The Balaban J connectivity index is -0.000000107. The van der Waals surface area contributed by atoms with Crippen molar-refractivity contribution >= 4 is 45.2 Å². The second-order valence-electron chi connectivity index (χ2n) is 1.06. The van der Waals surface area contributed by atoms with Crippen LogP contribution in [0.4, 0.5) is 0 Å². The van der Waals surface area contributed by atoms with Gasteiger partial charge in [0.25, 0.3) is 0 Å². The maximum atomic E-state index is 9.63. The van der Waals surface area contributed by atoms with E-state index in [2.05, 4.69) is 4.31 Å². The van der Waals surface area contributed by atoms with Crippen LogP contribution in [0.5, 0.6) is 0 Å². The zero-order valence-corrected chi connectivity index (χ0v) is 9.20. The van der Waals surface area contributed by atoms with Crippen molar-refractivity contribution in [1.29, 1.82) is 0 Å². The van der Waals surface area contributed by atoms with Crippen molar-refractivity contribution < 1.29 is 39.9 Å². The van der Waals surface area contributed by atoms with Crippen molar-refractivity contribution in [3.8, 4) is 0 Å². The van der Waals surface area contributed by atoms with Crippen molar-refractivity contribution in [3.63, 3.8) is 0 Å². The summed E-state index contributed by atoms with van der Waals surface area (Å²) in [7, 11) is -10.1. The van der Waals surface area contributed by atoms with Gasteiger partial charge in [-0.2, -0.15) is 4.31 Å². The molecule has 0 unspecified atom stereocenters. The zero-order valence-electron chi connectivity index (χ0n) is 5.41. The summed E-state index contributed by atoms with van der Waals surface area (Å²) in [4.78, 5) is 31.0. The standard InChI is InChI=1S/Na.H4O7P2.H2O.H2/c;1-8(2,3)7-9(4,5)6;;/h;(H2,1,2,3)(H2,4,5,6);1H2;1H. The number of phosphoric acid groups is 2. The molecular formula is H8NaO8P2. The van der Waals surface area contributed by atoms with Gasteiger partial charge in [0.05, 0.1) is 0 Å². The fourth-order valence-electron chi connectivity index (χ4n) is 0.139. The molecule has 0 amide bonds. The summed E-state index contributed by atoms with van der Waals surface area (Å²) < 4.78 is 22.2. The normalized spacial score (nSPS) is 11.3. The summed E-state index contributed by atoms with van der Waals surface area (Å²) >= 11 is 0. The van der Waals surface area contributed by atoms with E-state index in [0.717, 1.165) is 0 Å². The predicted molar refractivity (Wildman–Crippen MR) is 36.7 cm³/mol. The first-order chi connectivity index (χ1) is 3.71. The van der Waals surface area contributed by atoms with Crippen LogP contribution < -0.4 is 0 Å². The van der Waals surface area contributed by atoms with Gasteiger partial charge < -0.3 is 25.0 Å². The molecule has 0 aromatic carbocycles. The first-order valence-corrected chi connectivity index (χ1v) is 4.59. The van der Waals surface area contributed by atoms with Crippen molar-refractivity contribution in [3.05, 3.63) is 0 Å². The number of hydrogen-bond donors (Lipinski definition) is 4. The average molecular weight is 221 g/mol. The predicted octanol–water partition coefficient (Wildman–Crippen LogP) is -1.77. The number of rotatable bonds is 2. The molecule has 0 saturated carbocycles. The van der Waals surface area contributed by atoms with E-state index in [9.17, 15) is 9.13 Å². The minimum absolute atomic E-state index is 0. The topological polar surface area (TPSA) is 156 Å². The fraction of sp³-hybridized carbons (Fsp3) is 0. The molecule has 8 nitrogen and oxygen atoms in total. The van der Waals surface area contributed by atoms with E-state index >= 15 is 0 Å². The molecule has 6 N–H and O–H groups in total. The van der Waals surface area contributed by atoms with E-state index in [0.29, 0.717) is 0 Å². The molecule has 0 aromatic heterocycles. The van der Waals surface area contributed by atoms with Gasteiger partial charge in [0.15, 0.2) is 0 Å². The SMILES string of the molecule is O.O=P(O)(O)OP(=O)(O)O.[HH].[Na]. The van der Waals surface area contributed by atoms with Crippen LogP contribution in [-0.2, 0) is 13.4 Å². The van der Waals surface area contributed by atoms with Gasteiger partial charge in [0.1, 0.15) is 0 Å². The molecule has 0 heterocycles. The third-order valence-electron chi connectivity index (χ3n) is 0.213. The van der Waals surface area contributed by atoms with E-state index in [4.69, 9.17) is 19.6 Å². The third kappa shape index (κ3) is 18.3. The van der Waals surface area contributed by atoms with Crippen LogP contribution in [0.15, 0.2) is 0 Å². The molecule has 67 valence electrons. The Labute approximate surface area is 85.1 Å². The monoisotopic (exact) mass is 221 g/mol. The van der Waals surface area contributed by atoms with Crippen molar-refractivity contribution in [1.82, 2.24) is 0 Å². The molecule has 11 heavy (non-hydrogen) atoms. The van der Waals surface area contributed by atoms with Crippen LogP contribution in [0.25, 0.3) is 0 Å². The maximum absolute atomic E-state index is 9.63. The summed E-state index contributed by atoms with van der Waals surface area (Å²) in [6.45, 7) is 0. The molecule has 0 aromatic rings. The Hall–Kier alpha value is 1.22. The van der Waals surface area contributed by atoms with E-state index in [1.54, 1.807) is 0 Å². The Morgan fingerprint density at radius 3 is 1.18 bits per heavy atom. The summed E-state index contributed by atoms with van der Waals surface area (Å²) in [5.74, 6) is 0. The molecule has 0 bridgehead atoms. The first kappa shape index (κ1) is 18.1. The molecule has 0 atom stereocenters. The van der Waals surface area contributed by atoms with E-state index < -0.39 is 15.6 Å². The summed E-state index contributed by atoms with van der Waals surface area (Å²) in [5, 5.41) is 0. The Morgan fingerprint density at radius 2 is 1.18 bits per heavy atom. The van der Waals surface area contributed by atoms with Crippen molar-refractivity contribution in [2.24, 2.45) is 0 Å². The Kier molecular flexibility index (Phi) is 9.53. The molecule has 1 radical (unpaired) electrons. The summed E-state index contributed by atoms with van der Waals surface area (Å²) in [6, 6.07) is 0. The van der Waals surface area contributed by atoms with Crippen LogP contribution in [0.3, 0.4) is 0 Å². The summed E-state index contributed by atoms with van der Waals surface area (Å²) in [6.07, 6.45) is 0. The average Bonchev–Trinajstić information content (AvgIpc) is 1.14. The molecule has 0 aliphatic rings. The smallest absolute Gasteiger partial charge is 0.412 e. The fourth-order valence-corrected chi connectivity index (χ4v) is 1.25. The Bertz CT molecular complexity index is 157. The first-order valence-electron chi connectivity index (χ1n) is 1.53. The van der Waals surface area contributed by atoms with Crippen LogP contribution in [0.1, 0.15) is 1.43 Å². The quantitative estimate of drug-likeness (QED) is 0.317. The van der Waals surface area contributed by atoms with Crippen molar-refractivity contribution in [2.45, 2.75) is 0 Å². The zero-order chi connectivity index (χ0) is 7.71. The second kappa shape index (κ2) is 5.80. The molecule has 0 fully saturated rings. The van der Waals surface area contributed by atoms with Gasteiger partial charge in [-0.3, -0.25) is 0 Å². The van der Waals surface area contributed by atoms with Gasteiger partial charge in [0.2, 0.25) is 0 Å². The Morgan fingerprint density at radius 1 is 1.00 bits per heavy atom. The van der Waals surface area contributed by atoms with Gasteiger partial charge >= 0.3 is 15.6 Å². The van der Waals surface area contributed by atoms with E-state index in [1.165, 1.54) is 0 Å². The minimum atomic E-state index is -5.05. The van der Waals surface area contributed by atoms with E-state index in [1.807, 2.05) is 0 Å². The van der Waals surface area contributed by atoms with Crippen molar-refractivity contribution in [2.75, 3.05) is 0 Å². The van der Waals surface area contributed by atoms with Crippen LogP contribution in [0, 0.1) is 0 Å². The molecule has 11 heteroatoms. The molecule has 0 saturated heterocycles. The molecule has 0 spiro atoms. The van der Waals surface area contributed by atoms with Crippen LogP contribution in [0.2, 0.25) is 0 Å². The van der Waals surface area contributed by atoms with Crippen LogP contribution >= 0.6 is 15.6 Å². The minimum Gasteiger partial charge on any atom is -0.412 e. The summed E-state index contributed by atoms with van der Waals surface area (Å²) in [5.41, 5.74) is 0. The number of hydrogen-bond acceptors (Lipinski definition) is 3. The van der Waals surface area contributed by atoms with Gasteiger partial charge in [0, 0.05) is 31.0 Å². The van der Waals surface area contributed by atoms with Gasteiger partial charge in [-0.1, -0.05) is 0 Å². The molecule has 0 aliphatic carbocycles. The third-order valence-corrected chi connectivity index (χ3v) is 1.91.